The number of hydrogen-bond acceptors (Lipinski definition) is 6. The minimum Gasteiger partial charge on any atom is -0.378 e. The van der Waals surface area contributed by atoms with E-state index < -0.39 is 0 Å². The molecule has 5 rings (SSSR count). The van der Waals surface area contributed by atoms with Gasteiger partial charge in [0.2, 0.25) is 5.91 Å². The summed E-state index contributed by atoms with van der Waals surface area (Å²) in [6, 6.07) is 10.3. The third-order valence-corrected chi connectivity index (χ3v) is 6.21. The van der Waals surface area contributed by atoms with Gasteiger partial charge in [-0.15, -0.1) is 0 Å². The molecule has 2 aromatic heterocycles. The number of fused-ring (bicyclic) bond motifs is 1. The number of carbonyl (C=O) groups excluding carboxylic acids is 1. The average Bonchev–Trinajstić information content (AvgIpc) is 3.29. The van der Waals surface area contributed by atoms with Crippen LogP contribution >= 0.6 is 0 Å². The van der Waals surface area contributed by atoms with Crippen LogP contribution in [0.15, 0.2) is 48.7 Å². The second-order valence-corrected chi connectivity index (χ2v) is 8.22. The van der Waals surface area contributed by atoms with Gasteiger partial charge in [-0.2, -0.15) is 5.10 Å². The fourth-order valence-electron chi connectivity index (χ4n) is 4.49. The highest BCUT2D eigenvalue weighted by molar-refractivity contribution is 5.89. The van der Waals surface area contributed by atoms with Crippen LogP contribution in [0.3, 0.4) is 0 Å². The first-order valence-corrected chi connectivity index (χ1v) is 11.3. The second kappa shape index (κ2) is 9.08. The Morgan fingerprint density at radius 3 is 2.53 bits per heavy atom. The first-order valence-electron chi connectivity index (χ1n) is 11.3. The zero-order chi connectivity index (χ0) is 21.9. The Balaban J connectivity index is 1.51. The Hall–Kier alpha value is -3.26. The van der Waals surface area contributed by atoms with Crippen molar-refractivity contribution in [3.8, 4) is 11.4 Å². The van der Waals surface area contributed by atoms with E-state index in [-0.39, 0.29) is 11.9 Å². The van der Waals surface area contributed by atoms with Crippen molar-refractivity contribution >= 4 is 22.8 Å². The number of likely N-dealkylation sites (tertiary alicyclic amines) is 1. The molecule has 2 aliphatic rings. The maximum absolute atomic E-state index is 12.2. The third-order valence-electron chi connectivity index (χ3n) is 6.21. The van der Waals surface area contributed by atoms with Crippen LogP contribution in [0.5, 0.6) is 0 Å². The standard InChI is InChI=1S/C24H28N6O2/c1-2-6-21(31)28-11-9-19(10-12-28)30-24-20(17-25-30)23(29-13-15-32-16-14-29)26-22(27-24)18-7-4-3-5-8-18/h2-8,17,19H,9-16H2,1H3/b6-2+. The number of anilines is 1. The number of ether oxygens (including phenoxy) is 1. The van der Waals surface area contributed by atoms with Crippen LogP contribution in [0.2, 0.25) is 0 Å². The Morgan fingerprint density at radius 2 is 1.81 bits per heavy atom. The second-order valence-electron chi connectivity index (χ2n) is 8.22. The monoisotopic (exact) mass is 432 g/mol. The van der Waals surface area contributed by atoms with Crippen molar-refractivity contribution in [3.63, 3.8) is 0 Å². The number of amides is 1. The highest BCUT2D eigenvalue weighted by Crippen LogP contribution is 2.32. The van der Waals surface area contributed by atoms with Crippen molar-refractivity contribution in [3.05, 3.63) is 48.7 Å². The van der Waals surface area contributed by atoms with Gasteiger partial charge in [-0.1, -0.05) is 36.4 Å². The molecule has 2 aliphatic heterocycles. The molecule has 1 aromatic carbocycles. The van der Waals surface area contributed by atoms with Gasteiger partial charge in [0.25, 0.3) is 0 Å². The molecule has 3 aromatic rings. The number of morpholine rings is 1. The lowest BCUT2D eigenvalue weighted by Crippen LogP contribution is -2.38. The lowest BCUT2D eigenvalue weighted by Gasteiger charge is -2.32. The smallest absolute Gasteiger partial charge is 0.246 e. The summed E-state index contributed by atoms with van der Waals surface area (Å²) < 4.78 is 7.60. The predicted molar refractivity (Wildman–Crippen MR) is 123 cm³/mol. The molecule has 8 heteroatoms. The van der Waals surface area contributed by atoms with Crippen molar-refractivity contribution in [2.75, 3.05) is 44.3 Å². The summed E-state index contributed by atoms with van der Waals surface area (Å²) in [4.78, 5) is 26.3. The molecule has 0 unspecified atom stereocenters. The van der Waals surface area contributed by atoms with Gasteiger partial charge in [0, 0.05) is 31.7 Å². The summed E-state index contributed by atoms with van der Waals surface area (Å²) >= 11 is 0. The molecule has 0 spiro atoms. The molecule has 0 aliphatic carbocycles. The van der Waals surface area contributed by atoms with E-state index >= 15 is 0 Å². The SMILES string of the molecule is C/C=C/C(=O)N1CCC(n2ncc3c(N4CCOCC4)nc(-c4ccccc4)nc32)CC1. The van der Waals surface area contributed by atoms with Crippen LogP contribution < -0.4 is 4.90 Å². The van der Waals surface area contributed by atoms with Gasteiger partial charge in [-0.3, -0.25) is 4.79 Å². The Bertz CT molecular complexity index is 1110. The lowest BCUT2D eigenvalue weighted by molar-refractivity contribution is -0.127. The number of piperidine rings is 1. The largest absolute Gasteiger partial charge is 0.378 e. The summed E-state index contributed by atoms with van der Waals surface area (Å²) in [5.41, 5.74) is 1.85. The van der Waals surface area contributed by atoms with E-state index in [9.17, 15) is 4.79 Å². The van der Waals surface area contributed by atoms with E-state index in [0.29, 0.717) is 19.0 Å². The summed E-state index contributed by atoms with van der Waals surface area (Å²) in [5, 5.41) is 5.73. The molecule has 4 heterocycles. The van der Waals surface area contributed by atoms with E-state index in [1.54, 1.807) is 12.2 Å². The lowest BCUT2D eigenvalue weighted by atomic mass is 10.1. The molecule has 166 valence electrons. The van der Waals surface area contributed by atoms with Gasteiger partial charge in [-0.25, -0.2) is 14.6 Å². The Kier molecular flexibility index (Phi) is 5.85. The molecule has 0 radical (unpaired) electrons. The zero-order valence-corrected chi connectivity index (χ0v) is 18.4. The molecule has 0 bridgehead atoms. The van der Waals surface area contributed by atoms with Gasteiger partial charge < -0.3 is 14.5 Å². The van der Waals surface area contributed by atoms with Gasteiger partial charge in [0.05, 0.1) is 30.8 Å². The fraction of sp³-hybridized carbons (Fsp3) is 0.417. The van der Waals surface area contributed by atoms with Crippen molar-refractivity contribution in [1.29, 1.82) is 0 Å². The zero-order valence-electron chi connectivity index (χ0n) is 18.4. The summed E-state index contributed by atoms with van der Waals surface area (Å²) in [7, 11) is 0. The van der Waals surface area contributed by atoms with E-state index in [2.05, 4.69) is 4.90 Å². The quantitative estimate of drug-likeness (QED) is 0.590. The average molecular weight is 433 g/mol. The van der Waals surface area contributed by atoms with Crippen LogP contribution in [0, 0.1) is 0 Å². The molecular formula is C24H28N6O2. The van der Waals surface area contributed by atoms with Gasteiger partial charge >= 0.3 is 0 Å². The highest BCUT2D eigenvalue weighted by atomic mass is 16.5. The molecule has 32 heavy (non-hydrogen) atoms. The van der Waals surface area contributed by atoms with Crippen molar-refractivity contribution < 1.29 is 9.53 Å². The predicted octanol–water partition coefficient (Wildman–Crippen LogP) is 3.07. The number of allylic oxidation sites excluding steroid dienone is 1. The summed E-state index contributed by atoms with van der Waals surface area (Å²) in [5.74, 6) is 1.71. The molecule has 0 atom stereocenters. The van der Waals surface area contributed by atoms with Gasteiger partial charge in [0.1, 0.15) is 5.82 Å². The normalized spacial score (nSPS) is 18.0. The summed E-state index contributed by atoms with van der Waals surface area (Å²) in [6.07, 6.45) is 7.05. The number of hydrogen-bond donors (Lipinski definition) is 0. The molecule has 2 fully saturated rings. The highest BCUT2D eigenvalue weighted by Gasteiger charge is 2.27. The summed E-state index contributed by atoms with van der Waals surface area (Å²) in [6.45, 7) is 6.31. The van der Waals surface area contributed by atoms with Crippen LogP contribution in [-0.2, 0) is 9.53 Å². The molecule has 8 nitrogen and oxygen atoms in total. The number of aromatic nitrogens is 4. The minimum absolute atomic E-state index is 0.0829. The number of benzene rings is 1. The van der Waals surface area contributed by atoms with Crippen LogP contribution in [0.1, 0.15) is 25.8 Å². The fourth-order valence-corrected chi connectivity index (χ4v) is 4.49. The van der Waals surface area contributed by atoms with E-state index in [1.807, 2.05) is 53.0 Å². The van der Waals surface area contributed by atoms with Crippen LogP contribution in [-0.4, -0.2) is 69.9 Å². The number of carbonyl (C=O) groups is 1. The van der Waals surface area contributed by atoms with Crippen molar-refractivity contribution in [2.24, 2.45) is 0 Å². The van der Waals surface area contributed by atoms with Crippen molar-refractivity contribution in [2.45, 2.75) is 25.8 Å². The number of nitrogens with zero attached hydrogens (tertiary/aromatic N) is 6. The molecular weight excluding hydrogens is 404 g/mol. The van der Waals surface area contributed by atoms with E-state index in [4.69, 9.17) is 19.8 Å². The van der Waals surface area contributed by atoms with Crippen molar-refractivity contribution in [1.82, 2.24) is 24.6 Å². The molecule has 0 saturated carbocycles. The third kappa shape index (κ3) is 3.98. The minimum atomic E-state index is 0.0829. The van der Waals surface area contributed by atoms with E-state index in [1.165, 1.54) is 0 Å². The van der Waals surface area contributed by atoms with Crippen LogP contribution in [0.25, 0.3) is 22.4 Å². The van der Waals surface area contributed by atoms with E-state index in [0.717, 1.165) is 61.4 Å². The number of rotatable bonds is 4. The molecule has 1 amide bonds. The maximum atomic E-state index is 12.2. The molecule has 0 N–H and O–H groups in total. The van der Waals surface area contributed by atoms with Gasteiger partial charge in [-0.05, 0) is 25.8 Å². The van der Waals surface area contributed by atoms with Crippen LogP contribution in [0.4, 0.5) is 5.82 Å². The Morgan fingerprint density at radius 1 is 1.06 bits per heavy atom. The first-order chi connectivity index (χ1) is 15.7. The first kappa shape index (κ1) is 20.6. The maximum Gasteiger partial charge on any atom is 0.246 e. The molecule has 2 saturated heterocycles. The van der Waals surface area contributed by atoms with Gasteiger partial charge in [0.15, 0.2) is 11.5 Å². The Labute approximate surface area is 187 Å². The topological polar surface area (TPSA) is 76.4 Å².